The van der Waals surface area contributed by atoms with Gasteiger partial charge in [-0.1, -0.05) is 0 Å². The fourth-order valence-electron chi connectivity index (χ4n) is 3.78. The molecule has 3 rings (SSSR count). The molecule has 1 N–H and O–H groups in total. The number of anilines is 1. The maximum Gasteiger partial charge on any atom is 0.272 e. The third kappa shape index (κ3) is 3.61. The molecule has 0 aliphatic carbocycles. The number of hydrogen-bond donors (Lipinski definition) is 1. The third-order valence-electron chi connectivity index (χ3n) is 5.31. The molecule has 1 unspecified atom stereocenters. The molecule has 132 valence electrons. The lowest BCUT2D eigenvalue weighted by molar-refractivity contribution is 0.0770. The molecule has 0 spiro atoms. The van der Waals surface area contributed by atoms with Crippen LogP contribution in [-0.4, -0.2) is 73.0 Å². The first-order chi connectivity index (χ1) is 11.4. The van der Waals surface area contributed by atoms with Gasteiger partial charge < -0.3 is 14.7 Å². The zero-order chi connectivity index (χ0) is 17.3. The van der Waals surface area contributed by atoms with E-state index >= 15 is 0 Å². The zero-order valence-electron chi connectivity index (χ0n) is 14.8. The number of aromatic nitrogens is 2. The van der Waals surface area contributed by atoms with E-state index in [1.807, 2.05) is 4.90 Å². The molecule has 0 aromatic carbocycles. The van der Waals surface area contributed by atoms with Crippen LogP contribution in [0.15, 0.2) is 10.9 Å². The normalized spacial score (nSPS) is 22.8. The number of aromatic amines is 1. The van der Waals surface area contributed by atoms with Crippen LogP contribution < -0.4 is 10.5 Å². The molecule has 2 saturated heterocycles. The first-order valence-corrected chi connectivity index (χ1v) is 8.70. The van der Waals surface area contributed by atoms with Gasteiger partial charge in [0.1, 0.15) is 5.69 Å². The van der Waals surface area contributed by atoms with Crippen LogP contribution in [0.4, 0.5) is 5.95 Å². The molecule has 0 saturated carbocycles. The standard InChI is InChI=1S/C17H27N5O2/c1-20(2)17-18-14(10-15(23)19-17)16(24)22-9-6-13(11-22)12-4-7-21(3)8-5-12/h10,12-13H,4-9,11H2,1-3H3,(H,18,19,23). The first-order valence-electron chi connectivity index (χ1n) is 8.70. The molecule has 1 atom stereocenters. The second kappa shape index (κ2) is 6.93. The summed E-state index contributed by atoms with van der Waals surface area (Å²) >= 11 is 0. The number of carbonyl (C=O) groups is 1. The lowest BCUT2D eigenvalue weighted by Crippen LogP contribution is -2.35. The number of rotatable bonds is 3. The van der Waals surface area contributed by atoms with Crippen molar-refractivity contribution in [2.75, 3.05) is 52.2 Å². The minimum Gasteiger partial charge on any atom is -0.348 e. The molecule has 3 heterocycles. The molecule has 2 fully saturated rings. The quantitative estimate of drug-likeness (QED) is 0.879. The molecule has 2 aliphatic heterocycles. The molecule has 7 heteroatoms. The van der Waals surface area contributed by atoms with E-state index in [1.165, 1.54) is 18.9 Å². The Morgan fingerprint density at radius 1 is 1.21 bits per heavy atom. The number of nitrogens with zero attached hydrogens (tertiary/aromatic N) is 4. The van der Waals surface area contributed by atoms with Crippen LogP contribution in [0, 0.1) is 11.8 Å². The Kier molecular flexibility index (Phi) is 4.89. The maximum absolute atomic E-state index is 12.7. The van der Waals surface area contributed by atoms with Crippen LogP contribution in [-0.2, 0) is 0 Å². The minimum absolute atomic E-state index is 0.125. The Morgan fingerprint density at radius 3 is 2.54 bits per heavy atom. The van der Waals surface area contributed by atoms with Crippen LogP contribution in [0.2, 0.25) is 0 Å². The molecule has 1 amide bonds. The highest BCUT2D eigenvalue weighted by Crippen LogP contribution is 2.31. The molecular formula is C17H27N5O2. The van der Waals surface area contributed by atoms with Gasteiger partial charge in [0.2, 0.25) is 5.95 Å². The molecule has 24 heavy (non-hydrogen) atoms. The van der Waals surface area contributed by atoms with Crippen molar-refractivity contribution in [2.45, 2.75) is 19.3 Å². The molecule has 0 radical (unpaired) electrons. The Morgan fingerprint density at radius 2 is 1.88 bits per heavy atom. The first kappa shape index (κ1) is 17.0. The highest BCUT2D eigenvalue weighted by Gasteiger charge is 2.34. The van der Waals surface area contributed by atoms with Crippen molar-refractivity contribution in [1.29, 1.82) is 0 Å². The van der Waals surface area contributed by atoms with Gasteiger partial charge in [-0.15, -0.1) is 0 Å². The summed E-state index contributed by atoms with van der Waals surface area (Å²) in [5, 5.41) is 0. The Hall–Kier alpha value is -1.89. The topological polar surface area (TPSA) is 72.5 Å². The zero-order valence-corrected chi connectivity index (χ0v) is 14.8. The lowest BCUT2D eigenvalue weighted by Gasteiger charge is -2.32. The van der Waals surface area contributed by atoms with E-state index in [1.54, 1.807) is 19.0 Å². The van der Waals surface area contributed by atoms with Gasteiger partial charge in [-0.25, -0.2) is 4.98 Å². The van der Waals surface area contributed by atoms with Crippen molar-refractivity contribution in [3.63, 3.8) is 0 Å². The second-order valence-electron chi connectivity index (χ2n) is 7.29. The molecule has 2 aliphatic rings. The predicted molar refractivity (Wildman–Crippen MR) is 93.4 cm³/mol. The average molecular weight is 333 g/mol. The minimum atomic E-state index is -0.289. The SMILES string of the molecule is CN1CCC(C2CCN(C(=O)c3cc(=O)[nH]c(N(C)C)n3)C2)CC1. The third-order valence-corrected chi connectivity index (χ3v) is 5.31. The van der Waals surface area contributed by atoms with E-state index < -0.39 is 0 Å². The summed E-state index contributed by atoms with van der Waals surface area (Å²) in [4.78, 5) is 37.4. The van der Waals surface area contributed by atoms with Crippen molar-refractivity contribution < 1.29 is 4.79 Å². The molecule has 0 bridgehead atoms. The van der Waals surface area contributed by atoms with Crippen LogP contribution in [0.1, 0.15) is 29.8 Å². The number of nitrogens with one attached hydrogen (secondary N) is 1. The second-order valence-corrected chi connectivity index (χ2v) is 7.29. The summed E-state index contributed by atoms with van der Waals surface area (Å²) in [5.41, 5.74) is -0.0467. The van der Waals surface area contributed by atoms with E-state index in [4.69, 9.17) is 0 Å². The predicted octanol–water partition coefficient (Wildman–Crippen LogP) is 0.640. The van der Waals surface area contributed by atoms with Gasteiger partial charge in [-0.2, -0.15) is 0 Å². The van der Waals surface area contributed by atoms with E-state index in [0.717, 1.165) is 32.6 Å². The van der Waals surface area contributed by atoms with Gasteiger partial charge in [-0.05, 0) is 51.2 Å². The van der Waals surface area contributed by atoms with Crippen molar-refractivity contribution in [3.8, 4) is 0 Å². The monoisotopic (exact) mass is 333 g/mol. The molecule has 1 aromatic rings. The molecule has 7 nitrogen and oxygen atoms in total. The highest BCUT2D eigenvalue weighted by atomic mass is 16.2. The van der Waals surface area contributed by atoms with Gasteiger partial charge in [-0.3, -0.25) is 14.6 Å². The number of carbonyl (C=O) groups excluding carboxylic acids is 1. The Labute approximate surface area is 142 Å². The summed E-state index contributed by atoms with van der Waals surface area (Å²) in [7, 11) is 5.75. The van der Waals surface area contributed by atoms with E-state index in [2.05, 4.69) is 21.9 Å². The van der Waals surface area contributed by atoms with Crippen molar-refractivity contribution in [2.24, 2.45) is 11.8 Å². The maximum atomic E-state index is 12.7. The van der Waals surface area contributed by atoms with Crippen molar-refractivity contribution >= 4 is 11.9 Å². The van der Waals surface area contributed by atoms with Crippen LogP contribution >= 0.6 is 0 Å². The van der Waals surface area contributed by atoms with Gasteiger partial charge in [0.15, 0.2) is 0 Å². The van der Waals surface area contributed by atoms with E-state index in [9.17, 15) is 9.59 Å². The van der Waals surface area contributed by atoms with Crippen molar-refractivity contribution in [3.05, 3.63) is 22.1 Å². The highest BCUT2D eigenvalue weighted by molar-refractivity contribution is 5.92. The van der Waals surface area contributed by atoms with Crippen molar-refractivity contribution in [1.82, 2.24) is 19.8 Å². The number of amides is 1. The lowest BCUT2D eigenvalue weighted by atomic mass is 9.84. The Bertz CT molecular complexity index is 649. The fraction of sp³-hybridized carbons (Fsp3) is 0.706. The van der Waals surface area contributed by atoms with Gasteiger partial charge in [0.05, 0.1) is 0 Å². The summed E-state index contributed by atoms with van der Waals surface area (Å²) in [6.45, 7) is 3.86. The largest absolute Gasteiger partial charge is 0.348 e. The average Bonchev–Trinajstić information content (AvgIpc) is 3.04. The van der Waals surface area contributed by atoms with Crippen LogP contribution in [0.5, 0.6) is 0 Å². The number of hydrogen-bond acceptors (Lipinski definition) is 5. The van der Waals surface area contributed by atoms with Gasteiger partial charge in [0, 0.05) is 33.3 Å². The smallest absolute Gasteiger partial charge is 0.272 e. The van der Waals surface area contributed by atoms with E-state index in [-0.39, 0.29) is 17.2 Å². The fourth-order valence-corrected chi connectivity index (χ4v) is 3.78. The molecular weight excluding hydrogens is 306 g/mol. The number of likely N-dealkylation sites (tertiary alicyclic amines) is 2. The van der Waals surface area contributed by atoms with Crippen LogP contribution in [0.25, 0.3) is 0 Å². The number of H-pyrrole nitrogens is 1. The Balaban J connectivity index is 1.67. The van der Waals surface area contributed by atoms with Gasteiger partial charge >= 0.3 is 0 Å². The van der Waals surface area contributed by atoms with E-state index in [0.29, 0.717) is 17.8 Å². The summed E-state index contributed by atoms with van der Waals surface area (Å²) < 4.78 is 0. The summed E-state index contributed by atoms with van der Waals surface area (Å²) in [6, 6.07) is 1.30. The molecule has 1 aromatic heterocycles. The summed E-state index contributed by atoms with van der Waals surface area (Å²) in [6.07, 6.45) is 3.50. The van der Waals surface area contributed by atoms with Crippen LogP contribution in [0.3, 0.4) is 0 Å². The number of piperidine rings is 1. The summed E-state index contributed by atoms with van der Waals surface area (Å²) in [5.74, 6) is 1.58. The van der Waals surface area contributed by atoms with Gasteiger partial charge in [0.25, 0.3) is 11.5 Å².